The summed E-state index contributed by atoms with van der Waals surface area (Å²) in [5.41, 5.74) is -1.16. The molecule has 148 valence electrons. The zero-order valence-corrected chi connectivity index (χ0v) is 15.5. The lowest BCUT2D eigenvalue weighted by Crippen LogP contribution is -2.25. The Hall–Kier alpha value is -3.08. The van der Waals surface area contributed by atoms with Crippen LogP contribution in [0.15, 0.2) is 34.1 Å². The van der Waals surface area contributed by atoms with Crippen LogP contribution in [0.5, 0.6) is 5.88 Å². The van der Waals surface area contributed by atoms with E-state index < -0.39 is 17.3 Å². The number of nitriles is 1. The Morgan fingerprint density at radius 2 is 2.04 bits per heavy atom. The van der Waals surface area contributed by atoms with Crippen LogP contribution in [0.25, 0.3) is 0 Å². The standard InChI is InChI=1S/C20H20F3N3O2/c1-3-4-5-9-26-18(27)16(11-24)13(2)17(19(26)28)12-25-15-8-6-7-14(10-15)20(21,22)23/h6-8,10,12,28H,3-5,9H2,1-2H3. The predicted octanol–water partition coefficient (Wildman–Crippen LogP) is 4.69. The molecule has 1 N–H and O–H groups in total. The van der Waals surface area contributed by atoms with Crippen LogP contribution in [-0.2, 0) is 12.7 Å². The van der Waals surface area contributed by atoms with E-state index in [9.17, 15) is 28.3 Å². The Labute approximate surface area is 160 Å². The molecule has 0 saturated heterocycles. The predicted molar refractivity (Wildman–Crippen MR) is 100 cm³/mol. The molecule has 0 spiro atoms. The maximum Gasteiger partial charge on any atom is 0.416 e. The highest BCUT2D eigenvalue weighted by atomic mass is 19.4. The molecule has 0 radical (unpaired) electrons. The summed E-state index contributed by atoms with van der Waals surface area (Å²) in [5, 5.41) is 19.8. The zero-order chi connectivity index (χ0) is 20.9. The molecule has 2 aromatic rings. The largest absolute Gasteiger partial charge is 0.494 e. The lowest BCUT2D eigenvalue weighted by molar-refractivity contribution is -0.137. The SMILES string of the molecule is CCCCCn1c(O)c(C=Nc2cccc(C(F)(F)F)c2)c(C)c(C#N)c1=O. The second-order valence-electron chi connectivity index (χ2n) is 6.32. The van der Waals surface area contributed by atoms with Gasteiger partial charge in [-0.2, -0.15) is 18.4 Å². The molecule has 2 rings (SSSR count). The highest BCUT2D eigenvalue weighted by Gasteiger charge is 2.30. The summed E-state index contributed by atoms with van der Waals surface area (Å²) in [6.45, 7) is 3.72. The van der Waals surface area contributed by atoms with Gasteiger partial charge in [-0.25, -0.2) is 0 Å². The van der Waals surface area contributed by atoms with E-state index in [-0.39, 0.29) is 34.8 Å². The van der Waals surface area contributed by atoms with Crippen LogP contribution in [0.3, 0.4) is 0 Å². The van der Waals surface area contributed by atoms with Gasteiger partial charge in [-0.05, 0) is 37.1 Å². The van der Waals surface area contributed by atoms with E-state index >= 15 is 0 Å². The van der Waals surface area contributed by atoms with Crippen molar-refractivity contribution >= 4 is 11.9 Å². The van der Waals surface area contributed by atoms with Gasteiger partial charge in [0.15, 0.2) is 0 Å². The van der Waals surface area contributed by atoms with Gasteiger partial charge < -0.3 is 5.11 Å². The van der Waals surface area contributed by atoms with Crippen molar-refractivity contribution in [3.8, 4) is 11.9 Å². The number of hydrogen-bond donors (Lipinski definition) is 1. The normalized spacial score (nSPS) is 11.7. The minimum Gasteiger partial charge on any atom is -0.494 e. The van der Waals surface area contributed by atoms with Gasteiger partial charge in [-0.15, -0.1) is 0 Å². The Bertz CT molecular complexity index is 986. The molecule has 5 nitrogen and oxygen atoms in total. The number of aromatic nitrogens is 1. The number of rotatable bonds is 6. The molecule has 0 aliphatic carbocycles. The smallest absolute Gasteiger partial charge is 0.416 e. The van der Waals surface area contributed by atoms with Crippen molar-refractivity contribution in [2.75, 3.05) is 0 Å². The van der Waals surface area contributed by atoms with Crippen molar-refractivity contribution in [2.24, 2.45) is 4.99 Å². The highest BCUT2D eigenvalue weighted by molar-refractivity contribution is 5.87. The van der Waals surface area contributed by atoms with Gasteiger partial charge in [0.1, 0.15) is 11.6 Å². The fraction of sp³-hybridized carbons (Fsp3) is 0.350. The van der Waals surface area contributed by atoms with Crippen LogP contribution in [-0.4, -0.2) is 15.9 Å². The average molecular weight is 391 g/mol. The molecular formula is C20H20F3N3O2. The molecule has 28 heavy (non-hydrogen) atoms. The van der Waals surface area contributed by atoms with E-state index in [1.807, 2.05) is 13.0 Å². The second kappa shape index (κ2) is 8.74. The second-order valence-corrected chi connectivity index (χ2v) is 6.32. The van der Waals surface area contributed by atoms with Crippen LogP contribution in [0.4, 0.5) is 18.9 Å². The maximum absolute atomic E-state index is 12.8. The first-order chi connectivity index (χ1) is 13.2. The van der Waals surface area contributed by atoms with Crippen molar-refractivity contribution in [2.45, 2.75) is 45.8 Å². The van der Waals surface area contributed by atoms with Crippen LogP contribution >= 0.6 is 0 Å². The molecule has 8 heteroatoms. The Morgan fingerprint density at radius 3 is 2.64 bits per heavy atom. The van der Waals surface area contributed by atoms with Crippen LogP contribution < -0.4 is 5.56 Å². The van der Waals surface area contributed by atoms with Gasteiger partial charge in [-0.1, -0.05) is 25.8 Å². The molecule has 0 amide bonds. The summed E-state index contributed by atoms with van der Waals surface area (Å²) < 4.78 is 39.6. The number of unbranched alkanes of at least 4 members (excludes halogenated alkanes) is 2. The lowest BCUT2D eigenvalue weighted by Gasteiger charge is -2.14. The van der Waals surface area contributed by atoms with Gasteiger partial charge in [0.25, 0.3) is 5.56 Å². The lowest BCUT2D eigenvalue weighted by atomic mass is 10.1. The molecule has 0 aliphatic rings. The summed E-state index contributed by atoms with van der Waals surface area (Å²) >= 11 is 0. The summed E-state index contributed by atoms with van der Waals surface area (Å²) in [6.07, 6.45) is -0.922. The summed E-state index contributed by atoms with van der Waals surface area (Å²) in [6, 6.07) is 6.27. The van der Waals surface area contributed by atoms with E-state index in [1.54, 1.807) is 0 Å². The molecule has 0 bridgehead atoms. The first-order valence-corrected chi connectivity index (χ1v) is 8.78. The van der Waals surface area contributed by atoms with Crippen molar-refractivity contribution in [1.29, 1.82) is 5.26 Å². The number of aliphatic imine (C=N–C) groups is 1. The zero-order valence-electron chi connectivity index (χ0n) is 15.5. The molecule has 0 fully saturated rings. The van der Waals surface area contributed by atoms with E-state index in [2.05, 4.69) is 4.99 Å². The Kier molecular flexibility index (Phi) is 6.62. The molecule has 1 aromatic carbocycles. The third-order valence-corrected chi connectivity index (χ3v) is 4.35. The van der Waals surface area contributed by atoms with Gasteiger partial charge in [-0.3, -0.25) is 14.4 Å². The molecule has 0 atom stereocenters. The average Bonchev–Trinajstić information content (AvgIpc) is 2.64. The number of pyridine rings is 1. The number of aromatic hydroxyl groups is 1. The van der Waals surface area contributed by atoms with Gasteiger partial charge in [0.2, 0.25) is 5.88 Å². The maximum atomic E-state index is 12.8. The number of hydrogen-bond acceptors (Lipinski definition) is 4. The van der Waals surface area contributed by atoms with Crippen molar-refractivity contribution in [1.82, 2.24) is 4.57 Å². The third kappa shape index (κ3) is 4.60. The van der Waals surface area contributed by atoms with Crippen molar-refractivity contribution in [3.63, 3.8) is 0 Å². The van der Waals surface area contributed by atoms with Crippen molar-refractivity contribution < 1.29 is 18.3 Å². The number of nitrogens with zero attached hydrogens (tertiary/aromatic N) is 3. The fourth-order valence-corrected chi connectivity index (χ4v) is 2.75. The first-order valence-electron chi connectivity index (χ1n) is 8.78. The molecule has 1 heterocycles. The van der Waals surface area contributed by atoms with E-state index in [0.717, 1.165) is 29.5 Å². The molecule has 1 aromatic heterocycles. The molecule has 0 saturated carbocycles. The van der Waals surface area contributed by atoms with E-state index in [1.165, 1.54) is 25.3 Å². The third-order valence-electron chi connectivity index (χ3n) is 4.35. The molecular weight excluding hydrogens is 371 g/mol. The number of halogens is 3. The minimum atomic E-state index is -4.50. The topological polar surface area (TPSA) is 78.4 Å². The molecule has 0 aliphatic heterocycles. The van der Waals surface area contributed by atoms with Crippen molar-refractivity contribution in [3.05, 3.63) is 56.9 Å². The van der Waals surface area contributed by atoms with Gasteiger partial charge in [0, 0.05) is 12.8 Å². The summed E-state index contributed by atoms with van der Waals surface area (Å²) in [4.78, 5) is 16.4. The Morgan fingerprint density at radius 1 is 1.32 bits per heavy atom. The van der Waals surface area contributed by atoms with E-state index in [0.29, 0.717) is 6.42 Å². The van der Waals surface area contributed by atoms with Crippen LogP contribution in [0.1, 0.15) is 48.4 Å². The first kappa shape index (κ1) is 21.2. The fourth-order valence-electron chi connectivity index (χ4n) is 2.75. The quantitative estimate of drug-likeness (QED) is 0.573. The van der Waals surface area contributed by atoms with Gasteiger partial charge >= 0.3 is 6.18 Å². The minimum absolute atomic E-state index is 0.0378. The number of alkyl halides is 3. The molecule has 0 unspecified atom stereocenters. The highest BCUT2D eigenvalue weighted by Crippen LogP contribution is 2.31. The van der Waals surface area contributed by atoms with Crippen LogP contribution in [0, 0.1) is 18.3 Å². The van der Waals surface area contributed by atoms with Gasteiger partial charge in [0.05, 0.1) is 16.8 Å². The monoisotopic (exact) mass is 391 g/mol. The summed E-state index contributed by atoms with van der Waals surface area (Å²) in [7, 11) is 0. The summed E-state index contributed by atoms with van der Waals surface area (Å²) in [5.74, 6) is -0.353. The van der Waals surface area contributed by atoms with E-state index in [4.69, 9.17) is 0 Å². The number of benzene rings is 1. The van der Waals surface area contributed by atoms with Crippen LogP contribution in [0.2, 0.25) is 0 Å². The Balaban J connectivity index is 2.51.